The minimum atomic E-state index is 0. The van der Waals surface area contributed by atoms with Crippen molar-refractivity contribution in [3.05, 3.63) is 21.3 Å². The Kier molecular flexibility index (Phi) is 4.79. The van der Waals surface area contributed by atoms with Crippen LogP contribution in [0.1, 0.15) is 0 Å². The standard InChI is InChI=1S/C4H2BrS.Na/c5-4-2-1-3-6-4;/h1-2H;/q-1;+1. The van der Waals surface area contributed by atoms with Crippen molar-refractivity contribution in [2.24, 2.45) is 0 Å². The Hall–Kier alpha value is 1.18. The molecule has 0 fully saturated rings. The molecule has 0 saturated heterocycles. The molecular formula is C4H2BrNaS. The molecule has 0 nitrogen and oxygen atoms in total. The van der Waals surface area contributed by atoms with Crippen molar-refractivity contribution in [2.75, 3.05) is 0 Å². The molecule has 0 saturated carbocycles. The van der Waals surface area contributed by atoms with Crippen LogP contribution in [0.25, 0.3) is 0 Å². The van der Waals surface area contributed by atoms with Crippen LogP contribution >= 0.6 is 27.3 Å². The normalized spacial score (nSPS) is 7.57. The Morgan fingerprint density at radius 1 is 1.71 bits per heavy atom. The molecule has 1 aromatic heterocycles. The summed E-state index contributed by atoms with van der Waals surface area (Å²) in [5.41, 5.74) is 0. The Morgan fingerprint density at radius 3 is 2.57 bits per heavy atom. The van der Waals surface area contributed by atoms with Crippen molar-refractivity contribution in [1.82, 2.24) is 0 Å². The molecule has 0 spiro atoms. The summed E-state index contributed by atoms with van der Waals surface area (Å²) in [6, 6.07) is 3.85. The quantitative estimate of drug-likeness (QED) is 0.371. The van der Waals surface area contributed by atoms with Crippen molar-refractivity contribution in [1.29, 1.82) is 0 Å². The predicted molar refractivity (Wildman–Crippen MR) is 30.9 cm³/mol. The molecule has 1 heterocycles. The van der Waals surface area contributed by atoms with E-state index in [9.17, 15) is 0 Å². The number of hydrogen-bond donors (Lipinski definition) is 0. The van der Waals surface area contributed by atoms with Gasteiger partial charge in [0.05, 0.1) is 0 Å². The summed E-state index contributed by atoms with van der Waals surface area (Å²) < 4.78 is 1.14. The SMILES string of the molecule is Brc1cc[c-]s1.[Na+]. The van der Waals surface area contributed by atoms with Gasteiger partial charge in [0.2, 0.25) is 0 Å². The Labute approximate surface area is 77.4 Å². The summed E-state index contributed by atoms with van der Waals surface area (Å²) in [5, 5.41) is 2.92. The topological polar surface area (TPSA) is 0 Å². The fourth-order valence-corrected chi connectivity index (χ4v) is 1.02. The molecule has 0 aliphatic rings. The number of hydrogen-bond acceptors (Lipinski definition) is 1. The van der Waals surface area contributed by atoms with Gasteiger partial charge in [0.25, 0.3) is 0 Å². The maximum absolute atomic E-state index is 3.27. The molecule has 0 radical (unpaired) electrons. The van der Waals surface area contributed by atoms with E-state index in [1.165, 1.54) is 0 Å². The molecule has 0 amide bonds. The Bertz CT molecular complexity index is 115. The molecule has 0 N–H and O–H groups in total. The third kappa shape index (κ3) is 2.88. The van der Waals surface area contributed by atoms with Crippen molar-refractivity contribution in [3.63, 3.8) is 0 Å². The van der Waals surface area contributed by atoms with Gasteiger partial charge in [0, 0.05) is 0 Å². The summed E-state index contributed by atoms with van der Waals surface area (Å²) >= 11 is 4.84. The predicted octanol–water partition coefficient (Wildman–Crippen LogP) is -0.685. The van der Waals surface area contributed by atoms with Crippen LogP contribution in [0.2, 0.25) is 0 Å². The summed E-state index contributed by atoms with van der Waals surface area (Å²) in [6.45, 7) is 0. The molecule has 0 aliphatic heterocycles. The maximum Gasteiger partial charge on any atom is 1.00 e. The molecule has 1 rings (SSSR count). The van der Waals surface area contributed by atoms with E-state index >= 15 is 0 Å². The minimum Gasteiger partial charge on any atom is -0.289 e. The third-order valence-electron chi connectivity index (χ3n) is 0.439. The van der Waals surface area contributed by atoms with Crippen molar-refractivity contribution >= 4 is 27.3 Å². The summed E-state index contributed by atoms with van der Waals surface area (Å²) in [4.78, 5) is 0. The van der Waals surface area contributed by atoms with Crippen molar-refractivity contribution in [2.45, 2.75) is 0 Å². The van der Waals surface area contributed by atoms with Crippen LogP contribution in [0.3, 0.4) is 0 Å². The molecular weight excluding hydrogens is 183 g/mol. The van der Waals surface area contributed by atoms with E-state index in [1.54, 1.807) is 11.3 Å². The second-order valence-corrected chi connectivity index (χ2v) is 3.12. The van der Waals surface area contributed by atoms with E-state index in [1.807, 2.05) is 12.1 Å². The van der Waals surface area contributed by atoms with Crippen LogP contribution in [-0.4, -0.2) is 0 Å². The van der Waals surface area contributed by atoms with Gasteiger partial charge in [-0.3, -0.25) is 11.3 Å². The summed E-state index contributed by atoms with van der Waals surface area (Å²) in [7, 11) is 0. The number of thiophene rings is 1. The average molecular weight is 185 g/mol. The van der Waals surface area contributed by atoms with Crippen LogP contribution in [-0.2, 0) is 0 Å². The van der Waals surface area contributed by atoms with E-state index in [2.05, 4.69) is 21.3 Å². The van der Waals surface area contributed by atoms with E-state index < -0.39 is 0 Å². The van der Waals surface area contributed by atoms with Crippen molar-refractivity contribution < 1.29 is 29.6 Å². The first kappa shape index (κ1) is 8.18. The largest absolute Gasteiger partial charge is 1.00 e. The molecule has 0 aliphatic carbocycles. The maximum atomic E-state index is 3.27. The molecule has 7 heavy (non-hydrogen) atoms. The first-order chi connectivity index (χ1) is 2.89. The van der Waals surface area contributed by atoms with Gasteiger partial charge in [-0.1, -0.05) is 3.79 Å². The zero-order valence-corrected chi connectivity index (χ0v) is 8.34. The van der Waals surface area contributed by atoms with Gasteiger partial charge in [-0.25, -0.2) is 0 Å². The van der Waals surface area contributed by atoms with Crippen molar-refractivity contribution in [3.8, 4) is 0 Å². The second kappa shape index (κ2) is 4.10. The molecule has 0 aromatic carbocycles. The van der Waals surface area contributed by atoms with E-state index in [0.717, 1.165) is 3.79 Å². The van der Waals surface area contributed by atoms with Crippen LogP contribution in [0, 0.1) is 5.38 Å². The Balaban J connectivity index is 0.000000360. The van der Waals surface area contributed by atoms with Gasteiger partial charge in [-0.15, -0.1) is 21.3 Å². The monoisotopic (exact) mass is 184 g/mol. The van der Waals surface area contributed by atoms with Crippen LogP contribution in [0.5, 0.6) is 0 Å². The number of rotatable bonds is 0. The van der Waals surface area contributed by atoms with Gasteiger partial charge < -0.3 is 0 Å². The molecule has 32 valence electrons. The van der Waals surface area contributed by atoms with Gasteiger partial charge in [-0.2, -0.15) is 12.1 Å². The van der Waals surface area contributed by atoms with Crippen LogP contribution < -0.4 is 29.6 Å². The van der Waals surface area contributed by atoms with Gasteiger partial charge in [0.15, 0.2) is 0 Å². The first-order valence-electron chi connectivity index (χ1n) is 1.51. The second-order valence-electron chi connectivity index (χ2n) is 0.857. The molecule has 0 atom stereocenters. The fourth-order valence-electron chi connectivity index (χ4n) is 0.224. The molecule has 0 unspecified atom stereocenters. The zero-order valence-electron chi connectivity index (χ0n) is 3.94. The van der Waals surface area contributed by atoms with Gasteiger partial charge in [-0.05, 0) is 0 Å². The average Bonchev–Trinajstić information content (AvgIpc) is 1.86. The van der Waals surface area contributed by atoms with Crippen LogP contribution in [0.4, 0.5) is 0 Å². The van der Waals surface area contributed by atoms with E-state index in [0.29, 0.717) is 0 Å². The van der Waals surface area contributed by atoms with Crippen LogP contribution in [0.15, 0.2) is 15.9 Å². The zero-order chi connectivity index (χ0) is 4.41. The molecule has 1 aromatic rings. The van der Waals surface area contributed by atoms with Gasteiger partial charge >= 0.3 is 29.6 Å². The van der Waals surface area contributed by atoms with E-state index in [4.69, 9.17) is 0 Å². The minimum absolute atomic E-state index is 0. The molecule has 3 heteroatoms. The van der Waals surface area contributed by atoms with E-state index in [-0.39, 0.29) is 29.6 Å². The molecule has 0 bridgehead atoms. The first-order valence-corrected chi connectivity index (χ1v) is 3.12. The number of halogens is 1. The summed E-state index contributed by atoms with van der Waals surface area (Å²) in [6.07, 6.45) is 0. The third-order valence-corrected chi connectivity index (χ3v) is 1.77. The fraction of sp³-hybridized carbons (Fsp3) is 0. The smallest absolute Gasteiger partial charge is 0.289 e. The Morgan fingerprint density at radius 2 is 2.43 bits per heavy atom. The van der Waals surface area contributed by atoms with Gasteiger partial charge in [0.1, 0.15) is 0 Å². The summed E-state index contributed by atoms with van der Waals surface area (Å²) in [5.74, 6) is 0.